The zero-order valence-corrected chi connectivity index (χ0v) is 18.0. The maximum absolute atomic E-state index is 10.7. The maximum atomic E-state index is 10.7. The first-order valence-electron chi connectivity index (χ1n) is 10.4. The van der Waals surface area contributed by atoms with Crippen LogP contribution in [0.2, 0.25) is 0 Å². The summed E-state index contributed by atoms with van der Waals surface area (Å²) in [4.78, 5) is 9.19. The lowest BCUT2D eigenvalue weighted by Crippen LogP contribution is -2.30. The Balaban J connectivity index is 1.76. The Morgan fingerprint density at radius 1 is 0.719 bits per heavy atom. The number of rotatable bonds is 5. The van der Waals surface area contributed by atoms with Crippen molar-refractivity contribution in [2.45, 2.75) is 33.0 Å². The number of nitrogens with zero attached hydrogens (tertiary/aromatic N) is 3. The van der Waals surface area contributed by atoms with E-state index < -0.39 is 0 Å². The molecule has 0 amide bonds. The lowest BCUT2D eigenvalue weighted by atomic mass is 9.99. The molecule has 0 fully saturated rings. The highest BCUT2D eigenvalue weighted by atomic mass is 16.3. The molecular weight excluding hydrogens is 398 g/mol. The predicted molar refractivity (Wildman–Crippen MR) is 128 cm³/mol. The molecule has 0 aliphatic carbocycles. The number of benzene rings is 4. The van der Waals surface area contributed by atoms with Gasteiger partial charge in [-0.3, -0.25) is 4.90 Å². The fraction of sp³-hybridized carbons (Fsp3) is 0.185. The fourth-order valence-electron chi connectivity index (χ4n) is 4.04. The van der Waals surface area contributed by atoms with Crippen molar-refractivity contribution in [1.82, 2.24) is 4.90 Å². The van der Waals surface area contributed by atoms with Crippen LogP contribution in [0.4, 0.5) is 11.4 Å². The van der Waals surface area contributed by atoms with E-state index in [0.717, 1.165) is 32.7 Å². The van der Waals surface area contributed by atoms with E-state index >= 15 is 0 Å². The Bertz CT molecular complexity index is 1310. The number of fused-ring (bicyclic) bond motifs is 2. The summed E-state index contributed by atoms with van der Waals surface area (Å²) in [6.07, 6.45) is 0. The van der Waals surface area contributed by atoms with Gasteiger partial charge >= 0.3 is 0 Å². The number of phenolic OH excluding ortho intramolecular Hbond substituents is 2. The molecule has 0 aliphatic heterocycles. The fourth-order valence-corrected chi connectivity index (χ4v) is 4.04. The van der Waals surface area contributed by atoms with Crippen molar-refractivity contribution in [2.24, 2.45) is 0 Å². The van der Waals surface area contributed by atoms with E-state index in [2.05, 4.69) is 28.4 Å². The summed E-state index contributed by atoms with van der Waals surface area (Å²) in [5.74, 6) is 0.421. The maximum Gasteiger partial charge on any atom is 0.187 e. The van der Waals surface area contributed by atoms with Gasteiger partial charge in [-0.2, -0.15) is 0 Å². The van der Waals surface area contributed by atoms with Gasteiger partial charge in [-0.1, -0.05) is 36.4 Å². The van der Waals surface area contributed by atoms with Gasteiger partial charge in [0, 0.05) is 30.3 Å². The van der Waals surface area contributed by atoms with Crippen LogP contribution in [0.5, 0.6) is 11.5 Å². The summed E-state index contributed by atoms with van der Waals surface area (Å²) in [6, 6.07) is 18.1. The van der Waals surface area contributed by atoms with Crippen LogP contribution in [0, 0.1) is 13.1 Å². The van der Waals surface area contributed by atoms with E-state index in [1.54, 1.807) is 24.3 Å². The lowest BCUT2D eigenvalue weighted by molar-refractivity contribution is 0.201. The molecule has 5 heteroatoms. The normalized spacial score (nSPS) is 11.2. The third-order valence-corrected chi connectivity index (χ3v) is 5.89. The monoisotopic (exact) mass is 421 g/mol. The molecule has 158 valence electrons. The van der Waals surface area contributed by atoms with Crippen molar-refractivity contribution in [3.05, 3.63) is 94.6 Å². The number of aromatic hydroxyl groups is 2. The van der Waals surface area contributed by atoms with Gasteiger partial charge in [0.2, 0.25) is 0 Å². The molecule has 0 unspecified atom stereocenters. The van der Waals surface area contributed by atoms with Gasteiger partial charge in [0.1, 0.15) is 11.5 Å². The number of hydrogen-bond donors (Lipinski definition) is 2. The SMILES string of the molecule is [C-]#[N+]c1ccc2c(CN(Cc3c(O)ccc4cc([N+]#[C-])ccc34)C(C)C)c(O)ccc2c1. The molecule has 0 aromatic heterocycles. The van der Waals surface area contributed by atoms with Gasteiger partial charge in [0.25, 0.3) is 0 Å². The van der Waals surface area contributed by atoms with Crippen molar-refractivity contribution < 1.29 is 10.2 Å². The molecule has 0 heterocycles. The molecule has 0 atom stereocenters. The zero-order valence-electron chi connectivity index (χ0n) is 18.0. The topological polar surface area (TPSA) is 52.4 Å². The van der Waals surface area contributed by atoms with Crippen LogP contribution in [0.1, 0.15) is 25.0 Å². The first-order chi connectivity index (χ1) is 15.4. The van der Waals surface area contributed by atoms with Crippen molar-refractivity contribution >= 4 is 32.9 Å². The Morgan fingerprint density at radius 2 is 1.16 bits per heavy atom. The summed E-state index contributed by atoms with van der Waals surface area (Å²) in [5.41, 5.74) is 2.72. The molecule has 4 rings (SSSR count). The quantitative estimate of drug-likeness (QED) is 0.344. The molecule has 0 spiro atoms. The summed E-state index contributed by atoms with van der Waals surface area (Å²) in [7, 11) is 0. The van der Waals surface area contributed by atoms with Gasteiger partial charge in [-0.05, 0) is 59.7 Å². The molecular formula is C27H23N3O2. The summed E-state index contributed by atoms with van der Waals surface area (Å²) in [5, 5.41) is 24.9. The second-order valence-electron chi connectivity index (χ2n) is 8.16. The highest BCUT2D eigenvalue weighted by molar-refractivity contribution is 5.91. The second-order valence-corrected chi connectivity index (χ2v) is 8.16. The average Bonchev–Trinajstić information content (AvgIpc) is 2.80. The smallest absolute Gasteiger partial charge is 0.187 e. The average molecular weight is 422 g/mol. The van der Waals surface area contributed by atoms with Crippen molar-refractivity contribution in [1.29, 1.82) is 0 Å². The second kappa shape index (κ2) is 8.59. The zero-order chi connectivity index (χ0) is 22.8. The first kappa shape index (κ1) is 21.2. The minimum atomic E-state index is 0.143. The van der Waals surface area contributed by atoms with E-state index in [0.29, 0.717) is 24.5 Å². The predicted octanol–water partition coefficient (Wildman–Crippen LogP) is 6.92. The summed E-state index contributed by atoms with van der Waals surface area (Å²) in [6.45, 7) is 19.6. The number of phenols is 2. The molecule has 4 aromatic carbocycles. The van der Waals surface area contributed by atoms with Gasteiger partial charge in [0.15, 0.2) is 11.4 Å². The molecule has 0 bridgehead atoms. The van der Waals surface area contributed by atoms with Crippen LogP contribution in [-0.2, 0) is 13.1 Å². The molecule has 0 saturated heterocycles. The molecule has 5 nitrogen and oxygen atoms in total. The van der Waals surface area contributed by atoms with E-state index in [1.807, 2.05) is 36.4 Å². The third-order valence-electron chi connectivity index (χ3n) is 5.89. The minimum absolute atomic E-state index is 0.143. The van der Waals surface area contributed by atoms with Gasteiger partial charge in [0.05, 0.1) is 13.1 Å². The van der Waals surface area contributed by atoms with Crippen LogP contribution in [0.25, 0.3) is 31.2 Å². The largest absolute Gasteiger partial charge is 0.508 e. The molecule has 0 radical (unpaired) electrons. The van der Waals surface area contributed by atoms with Crippen LogP contribution in [0.15, 0.2) is 60.7 Å². The van der Waals surface area contributed by atoms with E-state index in [9.17, 15) is 10.2 Å². The van der Waals surface area contributed by atoms with E-state index in [-0.39, 0.29) is 17.5 Å². The Kier molecular flexibility index (Phi) is 5.69. The van der Waals surface area contributed by atoms with Crippen LogP contribution in [-0.4, -0.2) is 21.2 Å². The standard InChI is InChI=1S/C27H23N3O2/c1-17(2)30(15-24-22-9-7-20(28-3)13-18(22)5-11-26(24)31)16-25-23-10-8-21(29-4)14-19(23)6-12-27(25)32/h5-14,17,31-32H,15-16H2,1-2H3. The third kappa shape index (κ3) is 3.95. The van der Waals surface area contributed by atoms with Crippen molar-refractivity contribution in [3.8, 4) is 11.5 Å². The van der Waals surface area contributed by atoms with E-state index in [4.69, 9.17) is 13.1 Å². The summed E-state index contributed by atoms with van der Waals surface area (Å²) >= 11 is 0. The van der Waals surface area contributed by atoms with Crippen LogP contribution in [0.3, 0.4) is 0 Å². The summed E-state index contributed by atoms with van der Waals surface area (Å²) < 4.78 is 0. The minimum Gasteiger partial charge on any atom is -0.508 e. The van der Waals surface area contributed by atoms with Crippen molar-refractivity contribution in [2.75, 3.05) is 0 Å². The van der Waals surface area contributed by atoms with Crippen LogP contribution >= 0.6 is 0 Å². The highest BCUT2D eigenvalue weighted by Gasteiger charge is 2.19. The first-order valence-corrected chi connectivity index (χ1v) is 10.4. The molecule has 32 heavy (non-hydrogen) atoms. The van der Waals surface area contributed by atoms with Crippen LogP contribution < -0.4 is 0 Å². The molecule has 4 aromatic rings. The van der Waals surface area contributed by atoms with E-state index in [1.165, 1.54) is 0 Å². The molecule has 0 aliphatic rings. The van der Waals surface area contributed by atoms with Gasteiger partial charge < -0.3 is 10.2 Å². The Morgan fingerprint density at radius 3 is 1.53 bits per heavy atom. The Labute approximate surface area is 187 Å². The lowest BCUT2D eigenvalue weighted by Gasteiger charge is -2.28. The number of hydrogen-bond acceptors (Lipinski definition) is 3. The van der Waals surface area contributed by atoms with Gasteiger partial charge in [-0.15, -0.1) is 0 Å². The highest BCUT2D eigenvalue weighted by Crippen LogP contribution is 2.34. The Hall–Kier alpha value is -4.06. The van der Waals surface area contributed by atoms with Crippen molar-refractivity contribution in [3.63, 3.8) is 0 Å². The van der Waals surface area contributed by atoms with Gasteiger partial charge in [-0.25, -0.2) is 9.69 Å². The molecule has 2 N–H and O–H groups in total. The molecule has 0 saturated carbocycles.